The van der Waals surface area contributed by atoms with Gasteiger partial charge in [-0.1, -0.05) is 43.3 Å². The van der Waals surface area contributed by atoms with Crippen molar-refractivity contribution >= 4 is 31.6 Å². The molecule has 8 heteroatoms. The maximum Gasteiger partial charge on any atom is 0.175 e. The van der Waals surface area contributed by atoms with E-state index in [4.69, 9.17) is 9.47 Å². The van der Waals surface area contributed by atoms with Crippen LogP contribution in [-0.2, 0) is 16.3 Å². The second-order valence-corrected chi connectivity index (χ2v) is 12.8. The molecule has 0 spiro atoms. The van der Waals surface area contributed by atoms with Gasteiger partial charge >= 0.3 is 0 Å². The lowest BCUT2D eigenvalue weighted by Gasteiger charge is -2.31. The van der Waals surface area contributed by atoms with Gasteiger partial charge in [-0.15, -0.1) is 0 Å². The van der Waals surface area contributed by atoms with Crippen LogP contribution >= 0.6 is 0 Å². The highest BCUT2D eigenvalue weighted by Gasteiger charge is 2.23. The Morgan fingerprint density at radius 3 is 2.24 bits per heavy atom. The molecule has 1 aromatic heterocycles. The SMILES string of the molecule is CCC(C)(Cc1ccc(Oc2ccc(S(C)(=O)=O)cc2)cc1)NC[C@H](O)COc1cccc2[nH]c3ccccc3c12. The fourth-order valence-corrected chi connectivity index (χ4v) is 5.56. The number of hydrogen-bond acceptors (Lipinski definition) is 6. The summed E-state index contributed by atoms with van der Waals surface area (Å²) in [5.74, 6) is 2.00. The fraction of sp³-hybridized carbons (Fsp3) is 0.273. The quantitative estimate of drug-likeness (QED) is 0.163. The van der Waals surface area contributed by atoms with Gasteiger partial charge in [0.1, 0.15) is 30.0 Å². The van der Waals surface area contributed by atoms with Crippen molar-refractivity contribution in [3.05, 3.63) is 96.6 Å². The molecular weight excluding hydrogens is 536 g/mol. The average molecular weight is 573 g/mol. The normalized spacial score (nSPS) is 14.1. The number of aliphatic hydroxyl groups excluding tert-OH is 1. The number of para-hydroxylation sites is 1. The molecule has 7 nitrogen and oxygen atoms in total. The molecule has 41 heavy (non-hydrogen) atoms. The number of aromatic amines is 1. The highest BCUT2D eigenvalue weighted by atomic mass is 32.2. The first-order valence-corrected chi connectivity index (χ1v) is 15.6. The van der Waals surface area contributed by atoms with Crippen molar-refractivity contribution in [3.63, 3.8) is 0 Å². The van der Waals surface area contributed by atoms with Crippen molar-refractivity contribution < 1.29 is 23.0 Å². The Bertz CT molecular complexity index is 1730. The summed E-state index contributed by atoms with van der Waals surface area (Å²) in [6.07, 6.45) is 2.16. The molecule has 0 bridgehead atoms. The van der Waals surface area contributed by atoms with E-state index in [0.29, 0.717) is 18.0 Å². The number of H-pyrrole nitrogens is 1. The first-order chi connectivity index (χ1) is 19.6. The molecule has 1 heterocycles. The molecule has 5 aromatic rings. The van der Waals surface area contributed by atoms with Crippen LogP contribution in [0.2, 0.25) is 0 Å². The van der Waals surface area contributed by atoms with Gasteiger partial charge in [-0.25, -0.2) is 8.42 Å². The van der Waals surface area contributed by atoms with Gasteiger partial charge in [0.2, 0.25) is 0 Å². The van der Waals surface area contributed by atoms with Crippen LogP contribution in [0.4, 0.5) is 0 Å². The molecule has 0 saturated carbocycles. The highest BCUT2D eigenvalue weighted by Crippen LogP contribution is 2.33. The number of aromatic nitrogens is 1. The summed E-state index contributed by atoms with van der Waals surface area (Å²) in [5.41, 5.74) is 2.98. The molecule has 0 saturated heterocycles. The van der Waals surface area contributed by atoms with E-state index in [-0.39, 0.29) is 17.0 Å². The highest BCUT2D eigenvalue weighted by molar-refractivity contribution is 7.90. The Morgan fingerprint density at radius 2 is 1.56 bits per heavy atom. The minimum absolute atomic E-state index is 0.183. The molecule has 0 aliphatic carbocycles. The van der Waals surface area contributed by atoms with Crippen LogP contribution in [0.1, 0.15) is 25.8 Å². The molecule has 4 aromatic carbocycles. The van der Waals surface area contributed by atoms with Crippen LogP contribution in [0.3, 0.4) is 0 Å². The lowest BCUT2D eigenvalue weighted by molar-refractivity contribution is 0.0978. The van der Waals surface area contributed by atoms with Crippen molar-refractivity contribution in [2.45, 2.75) is 43.2 Å². The monoisotopic (exact) mass is 572 g/mol. The number of hydrogen-bond donors (Lipinski definition) is 3. The third-order valence-electron chi connectivity index (χ3n) is 7.47. The lowest BCUT2D eigenvalue weighted by Crippen LogP contribution is -2.48. The van der Waals surface area contributed by atoms with E-state index in [0.717, 1.165) is 46.0 Å². The second kappa shape index (κ2) is 11.9. The topological polar surface area (TPSA) is 101 Å². The van der Waals surface area contributed by atoms with Crippen molar-refractivity contribution in [2.75, 3.05) is 19.4 Å². The molecule has 0 amide bonds. The Balaban J connectivity index is 1.15. The van der Waals surface area contributed by atoms with Crippen LogP contribution < -0.4 is 14.8 Å². The molecule has 2 atom stereocenters. The van der Waals surface area contributed by atoms with Gasteiger partial charge in [0, 0.05) is 34.6 Å². The zero-order valence-corrected chi connectivity index (χ0v) is 24.4. The third-order valence-corrected chi connectivity index (χ3v) is 8.60. The van der Waals surface area contributed by atoms with Crippen molar-refractivity contribution in [2.24, 2.45) is 0 Å². The second-order valence-electron chi connectivity index (χ2n) is 10.8. The Morgan fingerprint density at radius 1 is 0.902 bits per heavy atom. The number of sulfone groups is 1. The summed E-state index contributed by atoms with van der Waals surface area (Å²) in [6.45, 7) is 4.87. The summed E-state index contributed by atoms with van der Waals surface area (Å²) in [5, 5.41) is 16.4. The lowest BCUT2D eigenvalue weighted by atomic mass is 9.90. The smallest absolute Gasteiger partial charge is 0.175 e. The van der Waals surface area contributed by atoms with Crippen molar-refractivity contribution in [1.29, 1.82) is 0 Å². The number of β-amino-alcohol motifs (C(OH)–C–C–N with tert-alkyl or cyclic N) is 1. The van der Waals surface area contributed by atoms with Crippen LogP contribution in [-0.4, -0.2) is 49.6 Å². The van der Waals surface area contributed by atoms with E-state index in [1.54, 1.807) is 24.3 Å². The molecule has 0 aliphatic rings. The molecule has 1 unspecified atom stereocenters. The number of aliphatic hydroxyl groups is 1. The Labute approximate surface area is 241 Å². The standard InChI is InChI=1S/C33H36N2O5S/c1-4-33(2,20-23-12-14-25(15-13-23)40-26-16-18-27(19-17-26)41(3,37)38)34-21-24(36)22-39-31-11-7-10-30-32(31)28-8-5-6-9-29(28)35-30/h5-19,24,34-36H,4,20-22H2,1-3H3/t24-,33?/m0/s1. The number of benzene rings is 4. The van der Waals surface area contributed by atoms with Crippen molar-refractivity contribution in [3.8, 4) is 17.2 Å². The number of nitrogens with one attached hydrogen (secondary N) is 2. The number of ether oxygens (including phenoxy) is 2. The van der Waals surface area contributed by atoms with Crippen LogP contribution in [0.5, 0.6) is 17.2 Å². The number of rotatable bonds is 12. The number of fused-ring (bicyclic) bond motifs is 3. The van der Waals surface area contributed by atoms with Gasteiger partial charge in [-0.2, -0.15) is 0 Å². The summed E-state index contributed by atoms with van der Waals surface area (Å²) in [7, 11) is -3.24. The fourth-order valence-electron chi connectivity index (χ4n) is 4.93. The predicted octanol–water partition coefficient (Wildman–Crippen LogP) is 6.26. The minimum atomic E-state index is -3.24. The summed E-state index contributed by atoms with van der Waals surface area (Å²) in [6, 6.07) is 28.3. The molecular formula is C33H36N2O5S. The molecule has 214 valence electrons. The van der Waals surface area contributed by atoms with Crippen LogP contribution in [0.15, 0.2) is 95.9 Å². The van der Waals surface area contributed by atoms with Crippen LogP contribution in [0.25, 0.3) is 21.8 Å². The average Bonchev–Trinajstić information content (AvgIpc) is 3.35. The van der Waals surface area contributed by atoms with E-state index in [1.165, 1.54) is 6.26 Å². The largest absolute Gasteiger partial charge is 0.490 e. The third kappa shape index (κ3) is 6.90. The summed E-state index contributed by atoms with van der Waals surface area (Å²) in [4.78, 5) is 3.68. The summed E-state index contributed by atoms with van der Waals surface area (Å²) >= 11 is 0. The Hall–Kier alpha value is -3.85. The van der Waals surface area contributed by atoms with E-state index in [2.05, 4.69) is 30.2 Å². The van der Waals surface area contributed by atoms with Gasteiger partial charge in [0.05, 0.1) is 10.4 Å². The van der Waals surface area contributed by atoms with Gasteiger partial charge in [0.15, 0.2) is 9.84 Å². The zero-order valence-electron chi connectivity index (χ0n) is 23.6. The molecule has 5 rings (SSSR count). The van der Waals surface area contributed by atoms with E-state index in [1.807, 2.05) is 60.7 Å². The molecule has 0 radical (unpaired) electrons. The van der Waals surface area contributed by atoms with Gasteiger partial charge < -0.3 is 24.9 Å². The van der Waals surface area contributed by atoms with Crippen molar-refractivity contribution in [1.82, 2.24) is 10.3 Å². The molecule has 0 fully saturated rings. The van der Waals surface area contributed by atoms with E-state index < -0.39 is 15.9 Å². The van der Waals surface area contributed by atoms with E-state index in [9.17, 15) is 13.5 Å². The van der Waals surface area contributed by atoms with E-state index >= 15 is 0 Å². The minimum Gasteiger partial charge on any atom is -0.490 e. The van der Waals surface area contributed by atoms with Gasteiger partial charge in [0.25, 0.3) is 0 Å². The van der Waals surface area contributed by atoms with Crippen LogP contribution in [0, 0.1) is 0 Å². The first kappa shape index (κ1) is 28.7. The maximum atomic E-state index is 11.7. The van der Waals surface area contributed by atoms with Gasteiger partial charge in [-0.05, 0) is 79.9 Å². The maximum absolute atomic E-state index is 11.7. The summed E-state index contributed by atoms with van der Waals surface area (Å²) < 4.78 is 35.3. The zero-order chi connectivity index (χ0) is 29.0. The Kier molecular flexibility index (Phi) is 8.35. The predicted molar refractivity (Wildman–Crippen MR) is 164 cm³/mol. The molecule has 0 aliphatic heterocycles. The molecule has 3 N–H and O–H groups in total. The van der Waals surface area contributed by atoms with Gasteiger partial charge in [-0.3, -0.25) is 0 Å². The first-order valence-electron chi connectivity index (χ1n) is 13.8.